The molecule has 2 heteroatoms. The summed E-state index contributed by atoms with van der Waals surface area (Å²) in [5.41, 5.74) is 15.9. The Morgan fingerprint density at radius 3 is 0.655 bits per heavy atom. The fraction of sp³-hybridized carbons (Fsp3) is 0.0357. The number of hydrogen-bond acceptors (Lipinski definition) is 2. The predicted octanol–water partition coefficient (Wildman–Crippen LogP) is 14.0. The largest absolute Gasteiger partial charge is 0.310 e. The molecule has 0 unspecified atom stereocenters. The summed E-state index contributed by atoms with van der Waals surface area (Å²) >= 11 is 0. The van der Waals surface area contributed by atoms with Gasteiger partial charge in [0.25, 0.3) is 0 Å². The molecule has 0 spiro atoms. The number of benzene rings is 9. The van der Waals surface area contributed by atoms with Crippen molar-refractivity contribution in [3.05, 3.63) is 287 Å². The molecule has 0 saturated carbocycles. The van der Waals surface area contributed by atoms with E-state index in [1.807, 2.05) is 0 Å². The van der Waals surface area contributed by atoms with Crippen LogP contribution in [-0.2, 0) is 10.8 Å². The predicted molar refractivity (Wildman–Crippen MR) is 240 cm³/mol. The highest BCUT2D eigenvalue weighted by atomic mass is 15.2. The van der Waals surface area contributed by atoms with E-state index in [1.54, 1.807) is 0 Å². The monoisotopic (exact) mass is 740 g/mol. The van der Waals surface area contributed by atoms with Gasteiger partial charge in [-0.2, -0.15) is 0 Å². The molecule has 0 radical (unpaired) electrons. The van der Waals surface area contributed by atoms with Gasteiger partial charge in [-0.25, -0.2) is 0 Å². The van der Waals surface area contributed by atoms with E-state index in [9.17, 15) is 0 Å². The first-order chi connectivity index (χ1) is 28.8. The molecule has 0 saturated heterocycles. The van der Waals surface area contributed by atoms with Gasteiger partial charge in [-0.1, -0.05) is 194 Å². The Morgan fingerprint density at radius 1 is 0.207 bits per heavy atom. The zero-order chi connectivity index (χ0) is 38.5. The van der Waals surface area contributed by atoms with Crippen LogP contribution in [0.4, 0.5) is 34.1 Å². The maximum absolute atomic E-state index is 2.45. The molecule has 2 heterocycles. The number of nitrogens with zero attached hydrogens (tertiary/aromatic N) is 2. The van der Waals surface area contributed by atoms with Gasteiger partial charge in [0.15, 0.2) is 0 Å². The van der Waals surface area contributed by atoms with Crippen LogP contribution >= 0.6 is 0 Å². The second-order valence-corrected chi connectivity index (χ2v) is 15.2. The van der Waals surface area contributed by atoms with Gasteiger partial charge in [0.2, 0.25) is 0 Å². The van der Waals surface area contributed by atoms with Crippen molar-refractivity contribution in [2.45, 2.75) is 10.8 Å². The summed E-state index contributed by atoms with van der Waals surface area (Å²) in [5, 5.41) is 0. The molecule has 9 aromatic rings. The highest BCUT2D eigenvalue weighted by Gasteiger charge is 2.48. The van der Waals surface area contributed by atoms with Gasteiger partial charge in [0.05, 0.1) is 33.6 Å². The van der Waals surface area contributed by atoms with E-state index in [2.05, 4.69) is 252 Å². The Kier molecular flexibility index (Phi) is 7.97. The molecular weight excluding hydrogens is 701 g/mol. The maximum atomic E-state index is 2.45. The highest BCUT2D eigenvalue weighted by molar-refractivity contribution is 5.92. The first-order valence-electron chi connectivity index (χ1n) is 20.1. The minimum absolute atomic E-state index is 0.503. The van der Waals surface area contributed by atoms with Gasteiger partial charge in [0, 0.05) is 11.4 Å². The van der Waals surface area contributed by atoms with Gasteiger partial charge in [0.1, 0.15) is 0 Å². The second-order valence-electron chi connectivity index (χ2n) is 15.2. The number of anilines is 6. The first kappa shape index (κ1) is 33.9. The fourth-order valence-corrected chi connectivity index (χ4v) is 10.1. The molecule has 2 aliphatic heterocycles. The Morgan fingerprint density at radius 2 is 0.414 bits per heavy atom. The summed E-state index contributed by atoms with van der Waals surface area (Å²) in [6, 6.07) is 89.0. The lowest BCUT2D eigenvalue weighted by Crippen LogP contribution is -2.38. The van der Waals surface area contributed by atoms with Crippen LogP contribution in [0.3, 0.4) is 0 Å². The third kappa shape index (κ3) is 4.85. The lowest BCUT2D eigenvalue weighted by Gasteiger charge is -2.47. The molecule has 274 valence electrons. The molecule has 2 nitrogen and oxygen atoms in total. The number of fused-ring (bicyclic) bond motifs is 4. The molecule has 58 heavy (non-hydrogen) atoms. The van der Waals surface area contributed by atoms with Crippen LogP contribution in [0.25, 0.3) is 0 Å². The van der Waals surface area contributed by atoms with Crippen molar-refractivity contribution < 1.29 is 0 Å². The molecule has 0 fully saturated rings. The molecule has 0 atom stereocenters. The zero-order valence-electron chi connectivity index (χ0n) is 32.0. The smallest absolute Gasteiger partial charge is 0.0742 e. The SMILES string of the molecule is c1ccc(C2(c3ccccc3)c3ccccc3N(c3ccc(N4c5ccccc5C(c5ccccc5)(c5ccccc5)c5ccccc54)cc3)c3ccccc32)cc1. The van der Waals surface area contributed by atoms with E-state index < -0.39 is 10.8 Å². The van der Waals surface area contributed by atoms with Gasteiger partial charge in [-0.15, -0.1) is 0 Å². The van der Waals surface area contributed by atoms with E-state index in [-0.39, 0.29) is 0 Å². The molecule has 2 aliphatic rings. The number of para-hydroxylation sites is 4. The molecule has 0 amide bonds. The van der Waals surface area contributed by atoms with E-state index in [1.165, 1.54) is 67.3 Å². The normalized spacial score (nSPS) is 14.4. The molecule has 0 aromatic heterocycles. The molecule has 9 aromatic carbocycles. The highest BCUT2D eigenvalue weighted by Crippen LogP contribution is 2.59. The van der Waals surface area contributed by atoms with Crippen molar-refractivity contribution in [3.63, 3.8) is 0 Å². The Balaban J connectivity index is 1.09. The average molecular weight is 741 g/mol. The third-order valence-electron chi connectivity index (χ3n) is 12.4. The van der Waals surface area contributed by atoms with Crippen molar-refractivity contribution in [1.82, 2.24) is 0 Å². The minimum Gasteiger partial charge on any atom is -0.310 e. The number of hydrogen-bond donors (Lipinski definition) is 0. The zero-order valence-corrected chi connectivity index (χ0v) is 32.0. The van der Waals surface area contributed by atoms with Gasteiger partial charge in [-0.05, 0) is 93.0 Å². The van der Waals surface area contributed by atoms with Crippen molar-refractivity contribution in [2.75, 3.05) is 9.80 Å². The Labute approximate surface area is 340 Å². The van der Waals surface area contributed by atoms with Crippen LogP contribution in [-0.4, -0.2) is 0 Å². The van der Waals surface area contributed by atoms with E-state index >= 15 is 0 Å². The van der Waals surface area contributed by atoms with Crippen molar-refractivity contribution >= 4 is 34.1 Å². The summed E-state index contributed by atoms with van der Waals surface area (Å²) < 4.78 is 0. The first-order valence-corrected chi connectivity index (χ1v) is 20.1. The minimum atomic E-state index is -0.503. The molecule has 11 rings (SSSR count). The van der Waals surface area contributed by atoms with Crippen LogP contribution < -0.4 is 9.80 Å². The molecule has 0 aliphatic carbocycles. The quantitative estimate of drug-likeness (QED) is 0.167. The van der Waals surface area contributed by atoms with E-state index in [0.29, 0.717) is 0 Å². The van der Waals surface area contributed by atoms with Crippen molar-refractivity contribution in [1.29, 1.82) is 0 Å². The standard InChI is InChI=1S/C56H40N2/c1-5-21-41(22-6-1)55(42-23-7-2-8-24-42)47-29-13-17-33-51(47)57(52-34-18-14-30-48(52)55)45-37-39-46(40-38-45)58-53-35-19-15-31-49(53)56(43-25-9-3-10-26-43,44-27-11-4-12-28-44)50-32-16-20-36-54(50)58/h1-40H. The van der Waals surface area contributed by atoms with Crippen LogP contribution in [0.5, 0.6) is 0 Å². The van der Waals surface area contributed by atoms with E-state index in [0.717, 1.165) is 11.4 Å². The Hall–Kier alpha value is -7.42. The van der Waals surface area contributed by atoms with Crippen LogP contribution in [0.2, 0.25) is 0 Å². The second kappa shape index (κ2) is 13.7. The van der Waals surface area contributed by atoms with E-state index in [4.69, 9.17) is 0 Å². The molecular formula is C56H40N2. The van der Waals surface area contributed by atoms with Crippen LogP contribution in [0.15, 0.2) is 243 Å². The average Bonchev–Trinajstić information content (AvgIpc) is 3.31. The van der Waals surface area contributed by atoms with Gasteiger partial charge in [-0.3, -0.25) is 0 Å². The van der Waals surface area contributed by atoms with Gasteiger partial charge >= 0.3 is 0 Å². The van der Waals surface area contributed by atoms with Crippen LogP contribution in [0.1, 0.15) is 44.5 Å². The summed E-state index contributed by atoms with van der Waals surface area (Å²) in [5.74, 6) is 0. The molecule has 0 N–H and O–H groups in total. The fourth-order valence-electron chi connectivity index (χ4n) is 10.1. The summed E-state index contributed by atoms with van der Waals surface area (Å²) in [6.07, 6.45) is 0. The summed E-state index contributed by atoms with van der Waals surface area (Å²) in [6.45, 7) is 0. The summed E-state index contributed by atoms with van der Waals surface area (Å²) in [7, 11) is 0. The summed E-state index contributed by atoms with van der Waals surface area (Å²) in [4.78, 5) is 4.90. The maximum Gasteiger partial charge on any atom is 0.0742 e. The van der Waals surface area contributed by atoms with Crippen molar-refractivity contribution in [2.24, 2.45) is 0 Å². The Bertz CT molecular complexity index is 2510. The lowest BCUT2D eigenvalue weighted by molar-refractivity contribution is 0.730. The topological polar surface area (TPSA) is 6.48 Å². The molecule has 0 bridgehead atoms. The third-order valence-corrected chi connectivity index (χ3v) is 12.4. The van der Waals surface area contributed by atoms with Gasteiger partial charge < -0.3 is 9.80 Å². The van der Waals surface area contributed by atoms with Crippen molar-refractivity contribution in [3.8, 4) is 0 Å². The van der Waals surface area contributed by atoms with Crippen LogP contribution in [0, 0.1) is 0 Å². The number of rotatable bonds is 6. The lowest BCUT2D eigenvalue weighted by atomic mass is 9.62.